The molecule has 2 rings (SSSR count). The van der Waals surface area contributed by atoms with Crippen LogP contribution in [-0.2, 0) is 5.88 Å². The van der Waals surface area contributed by atoms with Crippen molar-refractivity contribution in [1.29, 1.82) is 0 Å². The van der Waals surface area contributed by atoms with Gasteiger partial charge in [-0.1, -0.05) is 31.4 Å². The molecule has 0 spiro atoms. The fourth-order valence-electron chi connectivity index (χ4n) is 2.55. The van der Waals surface area contributed by atoms with Gasteiger partial charge in [-0.15, -0.1) is 11.6 Å². The van der Waals surface area contributed by atoms with E-state index in [4.69, 9.17) is 21.1 Å². The second kappa shape index (κ2) is 6.89. The Kier molecular flexibility index (Phi) is 5.18. The highest BCUT2D eigenvalue weighted by Crippen LogP contribution is 2.33. The summed E-state index contributed by atoms with van der Waals surface area (Å²) in [5.74, 6) is 2.74. The molecule has 0 aromatic heterocycles. The standard InChI is InChI=1S/C15H21ClO2/c1-17-14-9-5-8-13(10-16)15(14)18-11-12-6-3-2-4-7-12/h5,8-9,12H,2-4,6-7,10-11H2,1H3. The van der Waals surface area contributed by atoms with Gasteiger partial charge in [0, 0.05) is 5.56 Å². The summed E-state index contributed by atoms with van der Waals surface area (Å²) in [6, 6.07) is 5.86. The molecule has 3 heteroatoms. The van der Waals surface area contributed by atoms with Crippen molar-refractivity contribution in [3.05, 3.63) is 23.8 Å². The van der Waals surface area contributed by atoms with Gasteiger partial charge in [-0.25, -0.2) is 0 Å². The summed E-state index contributed by atoms with van der Waals surface area (Å²) in [6.45, 7) is 0.782. The molecule has 0 N–H and O–H groups in total. The van der Waals surface area contributed by atoms with Crippen LogP contribution in [0.3, 0.4) is 0 Å². The van der Waals surface area contributed by atoms with Gasteiger partial charge < -0.3 is 9.47 Å². The summed E-state index contributed by atoms with van der Waals surface area (Å²) in [6.07, 6.45) is 6.61. The van der Waals surface area contributed by atoms with E-state index in [1.807, 2.05) is 18.2 Å². The van der Waals surface area contributed by atoms with Gasteiger partial charge in [-0.3, -0.25) is 0 Å². The van der Waals surface area contributed by atoms with Gasteiger partial charge in [0.1, 0.15) is 0 Å². The third-order valence-electron chi connectivity index (χ3n) is 3.61. The maximum absolute atomic E-state index is 5.98. The number of benzene rings is 1. The molecule has 0 amide bonds. The van der Waals surface area contributed by atoms with Gasteiger partial charge in [0.25, 0.3) is 0 Å². The van der Waals surface area contributed by atoms with Crippen molar-refractivity contribution >= 4 is 11.6 Å². The Morgan fingerprint density at radius 3 is 2.67 bits per heavy atom. The van der Waals surface area contributed by atoms with Crippen LogP contribution in [0.25, 0.3) is 0 Å². The van der Waals surface area contributed by atoms with Gasteiger partial charge in [-0.2, -0.15) is 0 Å². The van der Waals surface area contributed by atoms with E-state index in [9.17, 15) is 0 Å². The highest BCUT2D eigenvalue weighted by Gasteiger charge is 2.16. The normalized spacial score (nSPS) is 16.6. The molecular weight excluding hydrogens is 248 g/mol. The van der Waals surface area contributed by atoms with Crippen LogP contribution >= 0.6 is 11.6 Å². The van der Waals surface area contributed by atoms with Crippen molar-refractivity contribution in [3.63, 3.8) is 0 Å². The second-order valence-corrected chi connectivity index (χ2v) is 5.16. The maximum atomic E-state index is 5.98. The maximum Gasteiger partial charge on any atom is 0.165 e. The zero-order chi connectivity index (χ0) is 12.8. The zero-order valence-corrected chi connectivity index (χ0v) is 11.7. The molecule has 2 nitrogen and oxygen atoms in total. The molecule has 0 atom stereocenters. The van der Waals surface area contributed by atoms with Crippen LogP contribution in [0.5, 0.6) is 11.5 Å². The smallest absolute Gasteiger partial charge is 0.165 e. The summed E-state index contributed by atoms with van der Waals surface area (Å²) in [7, 11) is 1.67. The average Bonchev–Trinajstić information content (AvgIpc) is 2.45. The number of ether oxygens (including phenoxy) is 2. The van der Waals surface area contributed by atoms with Crippen LogP contribution in [0.1, 0.15) is 37.7 Å². The van der Waals surface area contributed by atoms with Crippen LogP contribution in [-0.4, -0.2) is 13.7 Å². The Bertz CT molecular complexity index is 351. The van der Waals surface area contributed by atoms with Crippen molar-refractivity contribution in [2.24, 2.45) is 5.92 Å². The van der Waals surface area contributed by atoms with E-state index in [-0.39, 0.29) is 0 Å². The minimum absolute atomic E-state index is 0.456. The molecule has 1 saturated carbocycles. The second-order valence-electron chi connectivity index (χ2n) is 4.90. The molecule has 100 valence electrons. The van der Waals surface area contributed by atoms with Crippen LogP contribution in [0.4, 0.5) is 0 Å². The number of hydrogen-bond donors (Lipinski definition) is 0. The predicted octanol–water partition coefficient (Wildman–Crippen LogP) is 4.39. The Labute approximate surface area is 114 Å². The van der Waals surface area contributed by atoms with Crippen LogP contribution < -0.4 is 9.47 Å². The van der Waals surface area contributed by atoms with Gasteiger partial charge in [0.2, 0.25) is 0 Å². The van der Waals surface area contributed by atoms with Gasteiger partial charge in [-0.05, 0) is 24.8 Å². The van der Waals surface area contributed by atoms with E-state index in [2.05, 4.69) is 0 Å². The molecule has 0 saturated heterocycles. The molecule has 0 radical (unpaired) electrons. The molecule has 0 bridgehead atoms. The van der Waals surface area contributed by atoms with Crippen molar-refractivity contribution in [3.8, 4) is 11.5 Å². The van der Waals surface area contributed by atoms with E-state index in [1.54, 1.807) is 7.11 Å². The van der Waals surface area contributed by atoms with Crippen LogP contribution in [0, 0.1) is 5.92 Å². The summed E-state index contributed by atoms with van der Waals surface area (Å²) >= 11 is 5.95. The van der Waals surface area contributed by atoms with Gasteiger partial charge in [0.05, 0.1) is 19.6 Å². The lowest BCUT2D eigenvalue weighted by Gasteiger charge is -2.23. The summed E-state index contributed by atoms with van der Waals surface area (Å²) in [4.78, 5) is 0. The lowest BCUT2D eigenvalue weighted by Crippen LogP contribution is -2.16. The number of hydrogen-bond acceptors (Lipinski definition) is 2. The van der Waals surface area contributed by atoms with Gasteiger partial charge in [0.15, 0.2) is 11.5 Å². The summed E-state index contributed by atoms with van der Waals surface area (Å²) in [5.41, 5.74) is 1.01. The van der Waals surface area contributed by atoms with E-state index in [1.165, 1.54) is 32.1 Å². The topological polar surface area (TPSA) is 18.5 Å². The summed E-state index contributed by atoms with van der Waals surface area (Å²) in [5, 5.41) is 0. The lowest BCUT2D eigenvalue weighted by molar-refractivity contribution is 0.201. The molecule has 0 heterocycles. The van der Waals surface area contributed by atoms with Crippen LogP contribution in [0.2, 0.25) is 0 Å². The zero-order valence-electron chi connectivity index (χ0n) is 11.0. The Hall–Kier alpha value is -0.890. The molecule has 1 aliphatic carbocycles. The first-order chi connectivity index (χ1) is 8.85. The molecule has 1 fully saturated rings. The number of halogens is 1. The molecule has 18 heavy (non-hydrogen) atoms. The van der Waals surface area contributed by atoms with Crippen molar-refractivity contribution in [2.45, 2.75) is 38.0 Å². The first-order valence-electron chi connectivity index (χ1n) is 6.69. The highest BCUT2D eigenvalue weighted by molar-refractivity contribution is 6.17. The largest absolute Gasteiger partial charge is 0.493 e. The molecule has 0 aliphatic heterocycles. The van der Waals surface area contributed by atoms with Crippen LogP contribution in [0.15, 0.2) is 18.2 Å². The fourth-order valence-corrected chi connectivity index (χ4v) is 2.76. The van der Waals surface area contributed by atoms with Crippen molar-refractivity contribution in [2.75, 3.05) is 13.7 Å². The first-order valence-corrected chi connectivity index (χ1v) is 7.23. The molecular formula is C15H21ClO2. The molecule has 0 unspecified atom stereocenters. The first kappa shape index (κ1) is 13.5. The Balaban J connectivity index is 2.02. The van der Waals surface area contributed by atoms with E-state index in [0.717, 1.165) is 23.7 Å². The van der Waals surface area contributed by atoms with Gasteiger partial charge >= 0.3 is 0 Å². The van der Waals surface area contributed by atoms with E-state index < -0.39 is 0 Å². The average molecular weight is 269 g/mol. The monoisotopic (exact) mass is 268 g/mol. The lowest BCUT2D eigenvalue weighted by atomic mass is 9.90. The van der Waals surface area contributed by atoms with Crippen molar-refractivity contribution < 1.29 is 9.47 Å². The third kappa shape index (κ3) is 3.32. The molecule has 1 aliphatic rings. The number of rotatable bonds is 5. The predicted molar refractivity (Wildman–Crippen MR) is 74.6 cm³/mol. The minimum atomic E-state index is 0.456. The number of alkyl halides is 1. The van der Waals surface area contributed by atoms with E-state index in [0.29, 0.717) is 11.8 Å². The SMILES string of the molecule is COc1cccc(CCl)c1OCC1CCCCC1. The highest BCUT2D eigenvalue weighted by atomic mass is 35.5. The molecule has 1 aromatic rings. The Morgan fingerprint density at radius 2 is 2.00 bits per heavy atom. The minimum Gasteiger partial charge on any atom is -0.493 e. The number of methoxy groups -OCH3 is 1. The Morgan fingerprint density at radius 1 is 1.22 bits per heavy atom. The third-order valence-corrected chi connectivity index (χ3v) is 3.90. The fraction of sp³-hybridized carbons (Fsp3) is 0.600. The van der Waals surface area contributed by atoms with Crippen molar-refractivity contribution in [1.82, 2.24) is 0 Å². The quantitative estimate of drug-likeness (QED) is 0.737. The number of para-hydroxylation sites is 1. The molecule has 1 aromatic carbocycles. The summed E-state index contributed by atoms with van der Waals surface area (Å²) < 4.78 is 11.3. The van der Waals surface area contributed by atoms with E-state index >= 15 is 0 Å².